The van der Waals surface area contributed by atoms with Crippen LogP contribution in [0.2, 0.25) is 15.1 Å². The Hall–Kier alpha value is -1.07. The Kier molecular flexibility index (Phi) is 4.24. The molecule has 0 atom stereocenters. The van der Waals surface area contributed by atoms with Gasteiger partial charge < -0.3 is 10.5 Å². The molecule has 0 spiro atoms. The number of nitrogens with zero attached hydrogens (tertiary/aromatic N) is 2. The predicted octanol–water partition coefficient (Wildman–Crippen LogP) is 3.69. The summed E-state index contributed by atoms with van der Waals surface area (Å²) in [5.41, 5.74) is 6.28. The first-order chi connectivity index (χ1) is 8.61. The van der Waals surface area contributed by atoms with Crippen molar-refractivity contribution in [3.8, 4) is 11.6 Å². The molecule has 0 fully saturated rings. The van der Waals surface area contributed by atoms with Crippen LogP contribution in [0.5, 0.6) is 11.6 Å². The summed E-state index contributed by atoms with van der Waals surface area (Å²) in [5, 5.41) is 8.60. The van der Waals surface area contributed by atoms with Gasteiger partial charge in [-0.1, -0.05) is 34.8 Å². The fraction of sp³-hybridized carbons (Fsp3) is 0.0909. The van der Waals surface area contributed by atoms with Crippen LogP contribution in [0, 0.1) is 0 Å². The topological polar surface area (TPSA) is 61.0 Å². The SMILES string of the molecule is NCc1ccnnc1Oc1cc(Cl)c(Cl)cc1Cl. The highest BCUT2D eigenvalue weighted by atomic mass is 35.5. The lowest BCUT2D eigenvalue weighted by Crippen LogP contribution is -2.02. The smallest absolute Gasteiger partial charge is 0.243 e. The minimum absolute atomic E-state index is 0.282. The Balaban J connectivity index is 2.37. The van der Waals surface area contributed by atoms with Crippen LogP contribution in [0.25, 0.3) is 0 Å². The summed E-state index contributed by atoms with van der Waals surface area (Å²) in [7, 11) is 0. The van der Waals surface area contributed by atoms with Gasteiger partial charge in [0.1, 0.15) is 5.75 Å². The van der Waals surface area contributed by atoms with Crippen molar-refractivity contribution in [2.24, 2.45) is 5.73 Å². The van der Waals surface area contributed by atoms with Crippen LogP contribution >= 0.6 is 34.8 Å². The summed E-state index contributed by atoms with van der Waals surface area (Å²) in [6.07, 6.45) is 1.53. The molecule has 0 saturated carbocycles. The van der Waals surface area contributed by atoms with Crippen molar-refractivity contribution in [2.45, 2.75) is 6.54 Å². The van der Waals surface area contributed by atoms with Crippen LogP contribution < -0.4 is 10.5 Å². The summed E-state index contributed by atoms with van der Waals surface area (Å²) >= 11 is 17.7. The van der Waals surface area contributed by atoms with Gasteiger partial charge in [0.2, 0.25) is 5.88 Å². The Morgan fingerprint density at radius 3 is 2.56 bits per heavy atom. The summed E-state index contributed by atoms with van der Waals surface area (Å²) in [5.74, 6) is 0.640. The molecule has 0 unspecified atom stereocenters. The number of hydrogen-bond donors (Lipinski definition) is 1. The Labute approximate surface area is 119 Å². The van der Waals surface area contributed by atoms with E-state index < -0.39 is 0 Å². The van der Waals surface area contributed by atoms with E-state index in [1.165, 1.54) is 18.3 Å². The third-order valence-corrected chi connectivity index (χ3v) is 3.18. The Morgan fingerprint density at radius 1 is 1.11 bits per heavy atom. The normalized spacial score (nSPS) is 10.4. The first-order valence-corrected chi connectivity index (χ1v) is 6.08. The van der Waals surface area contributed by atoms with E-state index in [0.29, 0.717) is 32.3 Å². The van der Waals surface area contributed by atoms with Crippen LogP contribution in [0.3, 0.4) is 0 Å². The molecule has 2 aromatic rings. The van der Waals surface area contributed by atoms with Gasteiger partial charge in [-0.3, -0.25) is 0 Å². The first kappa shape index (κ1) is 13.4. The van der Waals surface area contributed by atoms with E-state index in [2.05, 4.69) is 10.2 Å². The van der Waals surface area contributed by atoms with Crippen LogP contribution in [-0.2, 0) is 6.54 Å². The third-order valence-electron chi connectivity index (χ3n) is 2.17. The lowest BCUT2D eigenvalue weighted by molar-refractivity contribution is 0.448. The summed E-state index contributed by atoms with van der Waals surface area (Å²) in [6, 6.07) is 4.73. The third kappa shape index (κ3) is 2.84. The maximum atomic E-state index is 6.00. The van der Waals surface area contributed by atoms with Crippen molar-refractivity contribution in [2.75, 3.05) is 0 Å². The molecule has 0 aliphatic heterocycles. The molecule has 0 aliphatic carbocycles. The Bertz CT molecular complexity index is 577. The van der Waals surface area contributed by atoms with Crippen molar-refractivity contribution in [1.82, 2.24) is 10.2 Å². The van der Waals surface area contributed by atoms with Crippen molar-refractivity contribution in [3.63, 3.8) is 0 Å². The number of aromatic nitrogens is 2. The standard InChI is InChI=1S/C11H8Cl3N3O/c12-7-3-9(14)10(4-8(7)13)18-11-6(5-15)1-2-16-17-11/h1-4H,5,15H2. The Morgan fingerprint density at radius 2 is 1.83 bits per heavy atom. The number of halogens is 3. The second-order valence-electron chi connectivity index (χ2n) is 3.36. The van der Waals surface area contributed by atoms with Gasteiger partial charge in [-0.2, -0.15) is 5.10 Å². The fourth-order valence-corrected chi connectivity index (χ4v) is 1.85. The molecular formula is C11H8Cl3N3O. The highest BCUT2D eigenvalue weighted by Gasteiger charge is 2.11. The zero-order valence-corrected chi connectivity index (χ0v) is 11.3. The van der Waals surface area contributed by atoms with Gasteiger partial charge in [0, 0.05) is 18.2 Å². The molecule has 7 heteroatoms. The fourth-order valence-electron chi connectivity index (χ4n) is 1.27. The lowest BCUT2D eigenvalue weighted by atomic mass is 10.3. The first-order valence-electron chi connectivity index (χ1n) is 4.95. The van der Waals surface area contributed by atoms with E-state index in [-0.39, 0.29) is 6.54 Å². The molecule has 2 N–H and O–H groups in total. The van der Waals surface area contributed by atoms with Gasteiger partial charge in [0.05, 0.1) is 21.3 Å². The maximum absolute atomic E-state index is 6.00. The number of hydrogen-bond acceptors (Lipinski definition) is 4. The molecule has 0 radical (unpaired) electrons. The highest BCUT2D eigenvalue weighted by Crippen LogP contribution is 2.36. The summed E-state index contributed by atoms with van der Waals surface area (Å²) < 4.78 is 5.54. The summed E-state index contributed by atoms with van der Waals surface area (Å²) in [6.45, 7) is 0.282. The maximum Gasteiger partial charge on any atom is 0.243 e. The number of nitrogens with two attached hydrogens (primary N) is 1. The minimum Gasteiger partial charge on any atom is -0.436 e. The number of ether oxygens (including phenoxy) is 1. The predicted molar refractivity (Wildman–Crippen MR) is 71.5 cm³/mol. The largest absolute Gasteiger partial charge is 0.436 e. The van der Waals surface area contributed by atoms with Gasteiger partial charge in [0.15, 0.2) is 0 Å². The second kappa shape index (κ2) is 5.71. The lowest BCUT2D eigenvalue weighted by Gasteiger charge is -2.09. The van der Waals surface area contributed by atoms with E-state index in [0.717, 1.165) is 0 Å². The summed E-state index contributed by atoms with van der Waals surface area (Å²) in [4.78, 5) is 0. The molecule has 94 valence electrons. The van der Waals surface area contributed by atoms with E-state index >= 15 is 0 Å². The van der Waals surface area contributed by atoms with E-state index in [1.54, 1.807) is 6.07 Å². The van der Waals surface area contributed by atoms with Gasteiger partial charge in [0.25, 0.3) is 0 Å². The molecule has 0 bridgehead atoms. The van der Waals surface area contributed by atoms with Crippen LogP contribution in [0.1, 0.15) is 5.56 Å². The monoisotopic (exact) mass is 303 g/mol. The molecule has 4 nitrogen and oxygen atoms in total. The average Bonchev–Trinajstić information content (AvgIpc) is 2.36. The van der Waals surface area contributed by atoms with Gasteiger partial charge in [-0.25, -0.2) is 0 Å². The van der Waals surface area contributed by atoms with Crippen molar-refractivity contribution >= 4 is 34.8 Å². The minimum atomic E-state index is 0.282. The molecule has 0 amide bonds. The van der Waals surface area contributed by atoms with Gasteiger partial charge >= 0.3 is 0 Å². The van der Waals surface area contributed by atoms with Gasteiger partial charge in [-0.15, -0.1) is 5.10 Å². The molecule has 0 aliphatic rings. The van der Waals surface area contributed by atoms with Gasteiger partial charge in [-0.05, 0) is 12.1 Å². The number of benzene rings is 1. The number of rotatable bonds is 3. The van der Waals surface area contributed by atoms with Crippen LogP contribution in [-0.4, -0.2) is 10.2 Å². The van der Waals surface area contributed by atoms with Crippen LogP contribution in [0.15, 0.2) is 24.4 Å². The second-order valence-corrected chi connectivity index (χ2v) is 4.59. The molecule has 1 heterocycles. The molecule has 0 saturated heterocycles. The van der Waals surface area contributed by atoms with E-state index in [9.17, 15) is 0 Å². The quantitative estimate of drug-likeness (QED) is 0.879. The zero-order valence-electron chi connectivity index (χ0n) is 9.03. The van der Waals surface area contributed by atoms with Crippen molar-refractivity contribution in [1.29, 1.82) is 0 Å². The zero-order chi connectivity index (χ0) is 13.1. The van der Waals surface area contributed by atoms with Crippen molar-refractivity contribution < 1.29 is 4.74 Å². The molecule has 2 rings (SSSR count). The molecule has 1 aromatic heterocycles. The van der Waals surface area contributed by atoms with Crippen molar-refractivity contribution in [3.05, 3.63) is 45.0 Å². The molecule has 1 aromatic carbocycles. The molecule has 18 heavy (non-hydrogen) atoms. The van der Waals surface area contributed by atoms with E-state index in [4.69, 9.17) is 45.3 Å². The average molecular weight is 305 g/mol. The van der Waals surface area contributed by atoms with Crippen LogP contribution in [0.4, 0.5) is 0 Å². The molecular weight excluding hydrogens is 296 g/mol. The van der Waals surface area contributed by atoms with E-state index in [1.807, 2.05) is 0 Å². The highest BCUT2D eigenvalue weighted by molar-refractivity contribution is 6.43.